The molecule has 0 radical (unpaired) electrons. The maximum atomic E-state index is 11.0. The number of carbonyl (C=O) groups excluding carboxylic acids is 2. The molecule has 1 atom stereocenters. The number of esters is 1. The monoisotopic (exact) mass is 206 g/mol. The lowest BCUT2D eigenvalue weighted by atomic mass is 10.3. The van der Waals surface area contributed by atoms with E-state index in [4.69, 9.17) is 0 Å². The second-order valence-electron chi connectivity index (χ2n) is 2.37. The third kappa shape index (κ3) is 5.48. The zero-order chi connectivity index (χ0) is 10.3. The lowest BCUT2D eigenvalue weighted by Gasteiger charge is -2.13. The van der Waals surface area contributed by atoms with Crippen molar-refractivity contribution >= 4 is 24.5 Å². The molecule has 6 heteroatoms. The van der Waals surface area contributed by atoms with Crippen molar-refractivity contribution < 1.29 is 14.3 Å². The van der Waals surface area contributed by atoms with Crippen LogP contribution in [0, 0.1) is 0 Å². The molecule has 0 aliphatic carbocycles. The summed E-state index contributed by atoms with van der Waals surface area (Å²) in [7, 11) is 1.30. The fourth-order valence-corrected chi connectivity index (χ4v) is 0.942. The SMILES string of the molecule is COC(=O)[C@H](CS)NCNC(C)=O. The topological polar surface area (TPSA) is 67.4 Å². The summed E-state index contributed by atoms with van der Waals surface area (Å²) in [5.41, 5.74) is 0. The lowest BCUT2D eigenvalue weighted by Crippen LogP contribution is -2.44. The van der Waals surface area contributed by atoms with Crippen molar-refractivity contribution in [2.24, 2.45) is 0 Å². The average Bonchev–Trinajstić information content (AvgIpc) is 2.11. The van der Waals surface area contributed by atoms with E-state index in [9.17, 15) is 9.59 Å². The molecule has 0 rings (SSSR count). The molecule has 2 N–H and O–H groups in total. The van der Waals surface area contributed by atoms with Gasteiger partial charge in [0.2, 0.25) is 5.91 Å². The lowest BCUT2D eigenvalue weighted by molar-refractivity contribution is -0.142. The van der Waals surface area contributed by atoms with Gasteiger partial charge >= 0.3 is 5.97 Å². The summed E-state index contributed by atoms with van der Waals surface area (Å²) >= 11 is 3.96. The first-order chi connectivity index (χ1) is 6.11. The minimum absolute atomic E-state index is 0.157. The number of nitrogens with one attached hydrogen (secondary N) is 2. The predicted octanol–water partition coefficient (Wildman–Crippen LogP) is -0.859. The van der Waals surface area contributed by atoms with E-state index >= 15 is 0 Å². The zero-order valence-corrected chi connectivity index (χ0v) is 8.56. The zero-order valence-electron chi connectivity index (χ0n) is 7.66. The van der Waals surface area contributed by atoms with Crippen molar-refractivity contribution in [3.05, 3.63) is 0 Å². The number of hydrogen-bond donors (Lipinski definition) is 3. The summed E-state index contributed by atoms with van der Waals surface area (Å²) in [6.07, 6.45) is 0. The van der Waals surface area contributed by atoms with Gasteiger partial charge in [-0.3, -0.25) is 14.9 Å². The quantitative estimate of drug-likeness (QED) is 0.311. The highest BCUT2D eigenvalue weighted by Gasteiger charge is 2.15. The van der Waals surface area contributed by atoms with Crippen LogP contribution in [0.5, 0.6) is 0 Å². The highest BCUT2D eigenvalue weighted by molar-refractivity contribution is 7.80. The fraction of sp³-hybridized carbons (Fsp3) is 0.714. The first-order valence-electron chi connectivity index (χ1n) is 3.78. The van der Waals surface area contributed by atoms with Crippen LogP contribution in [0.25, 0.3) is 0 Å². The van der Waals surface area contributed by atoms with Gasteiger partial charge in [-0.25, -0.2) is 0 Å². The van der Waals surface area contributed by atoms with E-state index in [0.717, 1.165) is 0 Å². The van der Waals surface area contributed by atoms with Gasteiger partial charge in [0, 0.05) is 12.7 Å². The molecule has 0 aromatic heterocycles. The highest BCUT2D eigenvalue weighted by atomic mass is 32.1. The molecule has 0 aromatic carbocycles. The Morgan fingerprint density at radius 3 is 2.54 bits per heavy atom. The van der Waals surface area contributed by atoms with E-state index in [2.05, 4.69) is 28.0 Å². The predicted molar refractivity (Wildman–Crippen MR) is 51.5 cm³/mol. The van der Waals surface area contributed by atoms with E-state index in [1.165, 1.54) is 14.0 Å². The normalized spacial score (nSPS) is 11.9. The molecule has 0 saturated carbocycles. The molecule has 0 fully saturated rings. The van der Waals surface area contributed by atoms with Gasteiger partial charge in [-0.15, -0.1) is 0 Å². The molecule has 0 aliphatic rings. The van der Waals surface area contributed by atoms with Crippen molar-refractivity contribution in [2.45, 2.75) is 13.0 Å². The Hall–Kier alpha value is -0.750. The van der Waals surface area contributed by atoms with Crippen LogP contribution in [0.3, 0.4) is 0 Å². The standard InChI is InChI=1S/C7H14N2O3S/c1-5(10)8-4-9-6(3-13)7(11)12-2/h6,9,13H,3-4H2,1-2H3,(H,8,10)/t6-/m0/s1. The molecule has 0 aromatic rings. The number of thiol groups is 1. The van der Waals surface area contributed by atoms with Gasteiger partial charge in [0.05, 0.1) is 13.8 Å². The maximum Gasteiger partial charge on any atom is 0.323 e. The number of ether oxygens (including phenoxy) is 1. The van der Waals surface area contributed by atoms with Gasteiger partial charge in [0.15, 0.2) is 0 Å². The molecule has 13 heavy (non-hydrogen) atoms. The Morgan fingerprint density at radius 1 is 1.54 bits per heavy atom. The second kappa shape index (κ2) is 6.73. The van der Waals surface area contributed by atoms with E-state index in [1.807, 2.05) is 0 Å². The third-order valence-electron chi connectivity index (χ3n) is 1.35. The summed E-state index contributed by atoms with van der Waals surface area (Å²) in [6, 6.07) is -0.486. The second-order valence-corrected chi connectivity index (χ2v) is 2.74. The Balaban J connectivity index is 3.72. The summed E-state index contributed by atoms with van der Waals surface area (Å²) < 4.78 is 4.50. The molecular formula is C7H14N2O3S. The fourth-order valence-electron chi connectivity index (χ4n) is 0.663. The van der Waals surface area contributed by atoms with Crippen molar-refractivity contribution in [1.29, 1.82) is 0 Å². The first-order valence-corrected chi connectivity index (χ1v) is 4.41. The number of methoxy groups -OCH3 is 1. The summed E-state index contributed by atoms with van der Waals surface area (Å²) in [5, 5.41) is 5.27. The largest absolute Gasteiger partial charge is 0.468 e. The van der Waals surface area contributed by atoms with Gasteiger partial charge in [0.1, 0.15) is 6.04 Å². The molecule has 0 saturated heterocycles. The number of amides is 1. The summed E-state index contributed by atoms with van der Waals surface area (Å²) in [5.74, 6) is -0.220. The highest BCUT2D eigenvalue weighted by Crippen LogP contribution is 1.89. The molecule has 0 aliphatic heterocycles. The minimum Gasteiger partial charge on any atom is -0.468 e. The van der Waals surface area contributed by atoms with Crippen LogP contribution >= 0.6 is 12.6 Å². The van der Waals surface area contributed by atoms with Crippen LogP contribution in [0.2, 0.25) is 0 Å². The molecule has 0 spiro atoms. The molecule has 5 nitrogen and oxygen atoms in total. The average molecular weight is 206 g/mol. The van der Waals surface area contributed by atoms with Crippen molar-refractivity contribution in [1.82, 2.24) is 10.6 Å². The Labute approximate surface area is 82.6 Å². The summed E-state index contributed by atoms with van der Waals surface area (Å²) in [6.45, 7) is 1.63. The van der Waals surface area contributed by atoms with Gasteiger partial charge < -0.3 is 10.1 Å². The Kier molecular flexibility index (Phi) is 6.34. The molecule has 0 unspecified atom stereocenters. The van der Waals surface area contributed by atoms with Crippen LogP contribution in [-0.4, -0.2) is 37.4 Å². The first kappa shape index (κ1) is 12.2. The van der Waals surface area contributed by atoms with Crippen LogP contribution in [0.1, 0.15) is 6.92 Å². The van der Waals surface area contributed by atoms with Crippen LogP contribution in [0.15, 0.2) is 0 Å². The Morgan fingerprint density at radius 2 is 2.15 bits per heavy atom. The smallest absolute Gasteiger partial charge is 0.323 e. The van der Waals surface area contributed by atoms with Crippen molar-refractivity contribution in [3.8, 4) is 0 Å². The van der Waals surface area contributed by atoms with Gasteiger partial charge in [-0.1, -0.05) is 0 Å². The third-order valence-corrected chi connectivity index (χ3v) is 1.72. The molecular weight excluding hydrogens is 192 g/mol. The van der Waals surface area contributed by atoms with Gasteiger partial charge in [0.25, 0.3) is 0 Å². The van der Waals surface area contributed by atoms with E-state index in [0.29, 0.717) is 5.75 Å². The molecule has 1 amide bonds. The van der Waals surface area contributed by atoms with E-state index < -0.39 is 6.04 Å². The van der Waals surface area contributed by atoms with Crippen molar-refractivity contribution in [3.63, 3.8) is 0 Å². The summed E-state index contributed by atoms with van der Waals surface area (Å²) in [4.78, 5) is 21.4. The molecule has 0 heterocycles. The van der Waals surface area contributed by atoms with Crippen LogP contribution < -0.4 is 10.6 Å². The van der Waals surface area contributed by atoms with E-state index in [-0.39, 0.29) is 18.5 Å². The van der Waals surface area contributed by atoms with Crippen molar-refractivity contribution in [2.75, 3.05) is 19.5 Å². The van der Waals surface area contributed by atoms with Gasteiger partial charge in [-0.2, -0.15) is 12.6 Å². The molecule has 0 bridgehead atoms. The number of rotatable bonds is 5. The number of carbonyl (C=O) groups is 2. The van der Waals surface area contributed by atoms with Crippen LogP contribution in [-0.2, 0) is 14.3 Å². The number of hydrogen-bond acceptors (Lipinski definition) is 5. The minimum atomic E-state index is -0.486. The van der Waals surface area contributed by atoms with Gasteiger partial charge in [-0.05, 0) is 0 Å². The van der Waals surface area contributed by atoms with Crippen LogP contribution in [0.4, 0.5) is 0 Å². The van der Waals surface area contributed by atoms with E-state index in [1.54, 1.807) is 0 Å². The maximum absolute atomic E-state index is 11.0. The molecule has 76 valence electrons. The Bertz CT molecular complexity index is 187.